The van der Waals surface area contributed by atoms with E-state index in [2.05, 4.69) is 9.15 Å². The van der Waals surface area contributed by atoms with Crippen LogP contribution in [0.4, 0.5) is 13.2 Å². The van der Waals surface area contributed by atoms with Crippen molar-refractivity contribution in [2.24, 2.45) is 0 Å². The highest BCUT2D eigenvalue weighted by Gasteiger charge is 2.22. The Morgan fingerprint density at radius 2 is 1.81 bits per heavy atom. The van der Waals surface area contributed by atoms with Crippen LogP contribution in [0.15, 0.2) is 21.3 Å². The first-order chi connectivity index (χ1) is 7.56. The van der Waals surface area contributed by atoms with E-state index in [0.29, 0.717) is 0 Å². The molecule has 0 aliphatic carbocycles. The molecule has 0 bridgehead atoms. The molecule has 0 saturated carbocycles. The van der Waals surface area contributed by atoms with Gasteiger partial charge >= 0.3 is 5.63 Å². The summed E-state index contributed by atoms with van der Waals surface area (Å²) in [7, 11) is 0.980. The lowest BCUT2D eigenvalue weighted by atomic mass is 10.2. The SMILES string of the molecule is COc1c(F)c(F)c2ccc(=O)oc2c1F. The molecule has 0 saturated heterocycles. The second kappa shape index (κ2) is 3.55. The van der Waals surface area contributed by atoms with Crippen LogP contribution in [0.1, 0.15) is 0 Å². The first kappa shape index (κ1) is 10.5. The third-order valence-corrected chi connectivity index (χ3v) is 2.06. The van der Waals surface area contributed by atoms with Gasteiger partial charge in [0.05, 0.1) is 12.5 Å². The van der Waals surface area contributed by atoms with Crippen molar-refractivity contribution in [3.63, 3.8) is 0 Å². The third kappa shape index (κ3) is 1.34. The van der Waals surface area contributed by atoms with Crippen molar-refractivity contribution < 1.29 is 22.3 Å². The predicted molar refractivity (Wildman–Crippen MR) is 48.9 cm³/mol. The Morgan fingerprint density at radius 3 is 2.44 bits per heavy atom. The van der Waals surface area contributed by atoms with Crippen molar-refractivity contribution in [1.82, 2.24) is 0 Å². The molecule has 0 N–H and O–H groups in total. The van der Waals surface area contributed by atoms with Gasteiger partial charge in [0.1, 0.15) is 0 Å². The van der Waals surface area contributed by atoms with Gasteiger partial charge in [-0.05, 0) is 6.07 Å². The van der Waals surface area contributed by atoms with Gasteiger partial charge < -0.3 is 9.15 Å². The van der Waals surface area contributed by atoms with E-state index in [1.807, 2.05) is 0 Å². The van der Waals surface area contributed by atoms with E-state index >= 15 is 0 Å². The quantitative estimate of drug-likeness (QED) is 0.557. The Bertz CT molecular complexity index is 619. The van der Waals surface area contributed by atoms with Gasteiger partial charge in [-0.3, -0.25) is 0 Å². The summed E-state index contributed by atoms with van der Waals surface area (Å²) >= 11 is 0. The first-order valence-electron chi connectivity index (χ1n) is 4.20. The van der Waals surface area contributed by atoms with Crippen LogP contribution in [0.5, 0.6) is 5.75 Å². The number of ether oxygens (including phenoxy) is 1. The fourth-order valence-corrected chi connectivity index (χ4v) is 1.35. The smallest absolute Gasteiger partial charge is 0.336 e. The van der Waals surface area contributed by atoms with Crippen molar-refractivity contribution in [3.05, 3.63) is 40.0 Å². The summed E-state index contributed by atoms with van der Waals surface area (Å²) < 4.78 is 48.9. The first-order valence-corrected chi connectivity index (χ1v) is 4.20. The Labute approximate surface area is 87.1 Å². The number of hydrogen-bond donors (Lipinski definition) is 0. The molecule has 0 aliphatic rings. The normalized spacial score (nSPS) is 10.8. The highest BCUT2D eigenvalue weighted by Crippen LogP contribution is 2.31. The van der Waals surface area contributed by atoms with Crippen LogP contribution in [0.25, 0.3) is 11.0 Å². The van der Waals surface area contributed by atoms with Crippen LogP contribution in [0.3, 0.4) is 0 Å². The number of fused-ring (bicyclic) bond motifs is 1. The van der Waals surface area contributed by atoms with E-state index in [0.717, 1.165) is 19.2 Å². The van der Waals surface area contributed by atoms with Gasteiger partial charge in [-0.1, -0.05) is 0 Å². The minimum absolute atomic E-state index is 0.449. The Morgan fingerprint density at radius 1 is 1.12 bits per heavy atom. The van der Waals surface area contributed by atoms with Crippen molar-refractivity contribution in [2.75, 3.05) is 7.11 Å². The lowest BCUT2D eigenvalue weighted by Gasteiger charge is -2.06. The monoisotopic (exact) mass is 230 g/mol. The zero-order valence-electron chi connectivity index (χ0n) is 8.01. The Kier molecular flexibility index (Phi) is 2.34. The standard InChI is InChI=1S/C10H5F3O3/c1-15-10-7(12)6(11)4-2-3-5(14)16-9(4)8(10)13/h2-3H,1H3. The maximum atomic E-state index is 13.5. The molecule has 0 fully saturated rings. The predicted octanol–water partition coefficient (Wildman–Crippen LogP) is 2.22. The third-order valence-electron chi connectivity index (χ3n) is 2.06. The summed E-state index contributed by atoms with van der Waals surface area (Å²) in [6.45, 7) is 0. The molecule has 0 aliphatic heterocycles. The van der Waals surface area contributed by atoms with Crippen LogP contribution >= 0.6 is 0 Å². The van der Waals surface area contributed by atoms with Crippen LogP contribution in [-0.4, -0.2) is 7.11 Å². The molecule has 2 rings (SSSR count). The number of hydrogen-bond acceptors (Lipinski definition) is 3. The summed E-state index contributed by atoms with van der Waals surface area (Å²) in [6, 6.07) is 1.82. The molecule has 0 radical (unpaired) electrons. The summed E-state index contributed by atoms with van der Waals surface area (Å²) in [5, 5.41) is -0.449. The van der Waals surface area contributed by atoms with Gasteiger partial charge in [0.25, 0.3) is 0 Å². The van der Waals surface area contributed by atoms with Crippen molar-refractivity contribution in [2.45, 2.75) is 0 Å². The highest BCUT2D eigenvalue weighted by molar-refractivity contribution is 5.79. The van der Waals surface area contributed by atoms with Gasteiger partial charge in [0.2, 0.25) is 11.6 Å². The lowest BCUT2D eigenvalue weighted by molar-refractivity contribution is 0.346. The number of rotatable bonds is 1. The maximum absolute atomic E-state index is 13.5. The van der Waals surface area contributed by atoms with E-state index < -0.39 is 39.8 Å². The summed E-state index contributed by atoms with van der Waals surface area (Å²) in [5.74, 6) is -4.94. The molecule has 0 spiro atoms. The second-order valence-electron chi connectivity index (χ2n) is 2.97. The largest absolute Gasteiger partial charge is 0.491 e. The molecule has 3 nitrogen and oxygen atoms in total. The zero-order valence-corrected chi connectivity index (χ0v) is 8.01. The topological polar surface area (TPSA) is 39.4 Å². The van der Waals surface area contributed by atoms with Crippen LogP contribution in [0, 0.1) is 17.5 Å². The Balaban J connectivity index is 3.01. The fraction of sp³-hybridized carbons (Fsp3) is 0.100. The maximum Gasteiger partial charge on any atom is 0.336 e. The van der Waals surface area contributed by atoms with E-state index in [1.165, 1.54) is 0 Å². The fourth-order valence-electron chi connectivity index (χ4n) is 1.35. The number of halogens is 3. The van der Waals surface area contributed by atoms with Gasteiger partial charge in [-0.15, -0.1) is 0 Å². The van der Waals surface area contributed by atoms with Gasteiger partial charge in [0.15, 0.2) is 17.1 Å². The highest BCUT2D eigenvalue weighted by atomic mass is 19.2. The molecule has 0 unspecified atom stereocenters. The van der Waals surface area contributed by atoms with E-state index in [1.54, 1.807) is 0 Å². The Hall–Kier alpha value is -1.98. The average Bonchev–Trinajstić information content (AvgIpc) is 2.27. The van der Waals surface area contributed by atoms with Gasteiger partial charge in [-0.25, -0.2) is 9.18 Å². The minimum Gasteiger partial charge on any atom is -0.491 e. The van der Waals surface area contributed by atoms with Crippen LogP contribution in [-0.2, 0) is 0 Å². The van der Waals surface area contributed by atoms with Crippen LogP contribution in [0.2, 0.25) is 0 Å². The summed E-state index contributed by atoms with van der Waals surface area (Å²) in [4.78, 5) is 10.8. The molecule has 1 aromatic carbocycles. The molecule has 0 amide bonds. The average molecular weight is 230 g/mol. The molecule has 2 aromatic rings. The molecule has 0 atom stereocenters. The van der Waals surface area contributed by atoms with Crippen molar-refractivity contribution in [1.29, 1.82) is 0 Å². The minimum atomic E-state index is -1.46. The molecular formula is C10H5F3O3. The van der Waals surface area contributed by atoms with Crippen LogP contribution < -0.4 is 10.4 Å². The van der Waals surface area contributed by atoms with E-state index in [4.69, 9.17) is 0 Å². The molecule has 1 heterocycles. The molecular weight excluding hydrogens is 225 g/mol. The van der Waals surface area contributed by atoms with E-state index in [9.17, 15) is 18.0 Å². The number of methoxy groups -OCH3 is 1. The number of benzene rings is 1. The lowest BCUT2D eigenvalue weighted by Crippen LogP contribution is -2.02. The van der Waals surface area contributed by atoms with Gasteiger partial charge in [-0.2, -0.15) is 8.78 Å². The summed E-state index contributed by atoms with van der Waals surface area (Å²) in [5.41, 5.74) is -1.53. The van der Waals surface area contributed by atoms with Gasteiger partial charge in [0, 0.05) is 6.07 Å². The van der Waals surface area contributed by atoms with E-state index in [-0.39, 0.29) is 0 Å². The van der Waals surface area contributed by atoms with Crippen molar-refractivity contribution in [3.8, 4) is 5.75 Å². The summed E-state index contributed by atoms with van der Waals surface area (Å²) in [6.07, 6.45) is 0. The molecule has 6 heteroatoms. The molecule has 16 heavy (non-hydrogen) atoms. The van der Waals surface area contributed by atoms with Crippen molar-refractivity contribution >= 4 is 11.0 Å². The zero-order chi connectivity index (χ0) is 11.9. The molecule has 84 valence electrons. The second-order valence-corrected chi connectivity index (χ2v) is 2.97. The molecule has 1 aromatic heterocycles.